The van der Waals surface area contributed by atoms with Crippen LogP contribution >= 0.6 is 0 Å². The Balaban J connectivity index is 1.76. The maximum atomic E-state index is 12.5. The van der Waals surface area contributed by atoms with Crippen LogP contribution in [0.2, 0.25) is 0 Å². The van der Waals surface area contributed by atoms with E-state index in [9.17, 15) is 4.79 Å². The molecule has 1 fully saturated rings. The minimum Gasteiger partial charge on any atom is -0.338 e. The van der Waals surface area contributed by atoms with Crippen LogP contribution in [0.5, 0.6) is 0 Å². The Morgan fingerprint density at radius 3 is 2.71 bits per heavy atom. The second-order valence-electron chi connectivity index (χ2n) is 6.12. The summed E-state index contributed by atoms with van der Waals surface area (Å²) < 4.78 is 1.81. The lowest BCUT2D eigenvalue weighted by Crippen LogP contribution is -2.40. The zero-order chi connectivity index (χ0) is 15.0. The van der Waals surface area contributed by atoms with Gasteiger partial charge in [-0.3, -0.25) is 9.36 Å². The largest absolute Gasteiger partial charge is 0.338 e. The predicted octanol–water partition coefficient (Wildman–Crippen LogP) is 2.53. The monoisotopic (exact) mass is 284 g/mol. The van der Waals surface area contributed by atoms with Gasteiger partial charge in [-0.25, -0.2) is 9.97 Å². The predicted molar refractivity (Wildman–Crippen MR) is 80.3 cm³/mol. The van der Waals surface area contributed by atoms with E-state index in [0.717, 1.165) is 5.82 Å². The molecule has 1 aliphatic carbocycles. The fraction of sp³-hybridized carbons (Fsp3) is 0.438. The summed E-state index contributed by atoms with van der Waals surface area (Å²) in [6, 6.07) is 3.91. The highest BCUT2D eigenvalue weighted by atomic mass is 16.2. The first-order valence-electron chi connectivity index (χ1n) is 7.23. The van der Waals surface area contributed by atoms with Crippen molar-refractivity contribution in [1.82, 2.24) is 19.4 Å². The Hall–Kier alpha value is -2.17. The molecule has 1 aliphatic rings. The van der Waals surface area contributed by atoms with Crippen molar-refractivity contribution in [3.63, 3.8) is 0 Å². The molecule has 0 spiro atoms. The molecule has 0 bridgehead atoms. The summed E-state index contributed by atoms with van der Waals surface area (Å²) >= 11 is 0. The first-order valence-corrected chi connectivity index (χ1v) is 7.23. The van der Waals surface area contributed by atoms with Crippen LogP contribution in [0.4, 0.5) is 0 Å². The van der Waals surface area contributed by atoms with Crippen molar-refractivity contribution >= 4 is 5.91 Å². The van der Waals surface area contributed by atoms with Crippen LogP contribution in [0.1, 0.15) is 37.0 Å². The zero-order valence-electron chi connectivity index (χ0n) is 12.7. The van der Waals surface area contributed by atoms with Crippen LogP contribution < -0.4 is 0 Å². The number of hydrogen-bond acceptors (Lipinski definition) is 3. The summed E-state index contributed by atoms with van der Waals surface area (Å²) in [5.41, 5.74) is 0.909. The Morgan fingerprint density at radius 1 is 1.43 bits per heavy atom. The molecule has 0 aliphatic heterocycles. The number of nitrogens with zero attached hydrogens (tertiary/aromatic N) is 4. The van der Waals surface area contributed by atoms with Crippen LogP contribution in [0.15, 0.2) is 37.1 Å². The van der Waals surface area contributed by atoms with Crippen molar-refractivity contribution in [3.05, 3.63) is 42.6 Å². The molecule has 21 heavy (non-hydrogen) atoms. The standard InChI is InChI=1S/C16H20N4O/c1-12(16(2)6-7-16)19(3)15(21)13-4-5-14(18-10-13)20-9-8-17-11-20/h4-5,8-12H,6-7H2,1-3H3. The number of amides is 1. The Morgan fingerprint density at radius 2 is 2.19 bits per heavy atom. The van der Waals surface area contributed by atoms with E-state index < -0.39 is 0 Å². The van der Waals surface area contributed by atoms with Gasteiger partial charge in [0, 0.05) is 31.7 Å². The van der Waals surface area contributed by atoms with Crippen LogP contribution in [0, 0.1) is 5.41 Å². The number of hydrogen-bond donors (Lipinski definition) is 0. The molecular weight excluding hydrogens is 264 g/mol. The van der Waals surface area contributed by atoms with Gasteiger partial charge in [-0.15, -0.1) is 0 Å². The van der Waals surface area contributed by atoms with Crippen LogP contribution in [0.3, 0.4) is 0 Å². The summed E-state index contributed by atoms with van der Waals surface area (Å²) in [4.78, 5) is 22.7. The molecule has 2 aromatic rings. The summed E-state index contributed by atoms with van der Waals surface area (Å²) in [6.07, 6.45) is 9.24. The third kappa shape index (κ3) is 2.55. The van der Waals surface area contributed by atoms with Gasteiger partial charge < -0.3 is 4.90 Å². The molecule has 0 aromatic carbocycles. The van der Waals surface area contributed by atoms with Gasteiger partial charge in [-0.1, -0.05) is 6.92 Å². The molecule has 1 saturated carbocycles. The summed E-state index contributed by atoms with van der Waals surface area (Å²) in [7, 11) is 1.88. The molecule has 1 atom stereocenters. The van der Waals surface area contributed by atoms with E-state index in [1.54, 1.807) is 18.7 Å². The van der Waals surface area contributed by atoms with Gasteiger partial charge in [-0.05, 0) is 37.3 Å². The molecule has 3 rings (SSSR count). The first-order chi connectivity index (χ1) is 10.0. The molecular formula is C16H20N4O. The van der Waals surface area contributed by atoms with Gasteiger partial charge in [0.2, 0.25) is 0 Å². The maximum absolute atomic E-state index is 12.5. The molecule has 1 unspecified atom stereocenters. The highest BCUT2D eigenvalue weighted by Gasteiger charge is 2.45. The Kier molecular flexibility index (Phi) is 3.27. The van der Waals surface area contributed by atoms with Gasteiger partial charge in [0.05, 0.1) is 5.56 Å². The summed E-state index contributed by atoms with van der Waals surface area (Å²) in [5, 5.41) is 0. The second-order valence-corrected chi connectivity index (χ2v) is 6.12. The average molecular weight is 284 g/mol. The van der Waals surface area contributed by atoms with Gasteiger partial charge in [0.25, 0.3) is 5.91 Å². The highest BCUT2D eigenvalue weighted by Crippen LogP contribution is 2.49. The zero-order valence-corrected chi connectivity index (χ0v) is 12.7. The average Bonchev–Trinajstić information content (AvgIpc) is 3.05. The first kappa shape index (κ1) is 13.8. The lowest BCUT2D eigenvalue weighted by molar-refractivity contribution is 0.0684. The molecule has 2 heterocycles. The molecule has 0 N–H and O–H groups in total. The van der Waals surface area contributed by atoms with Crippen molar-refractivity contribution in [2.24, 2.45) is 5.41 Å². The Bertz CT molecular complexity index is 629. The molecule has 5 nitrogen and oxygen atoms in total. The van der Waals surface area contributed by atoms with E-state index in [1.165, 1.54) is 12.8 Å². The SMILES string of the molecule is CC(N(C)C(=O)c1ccc(-n2ccnc2)nc1)C1(C)CC1. The minimum absolute atomic E-state index is 0.0281. The number of rotatable bonds is 4. The van der Waals surface area contributed by atoms with Crippen LogP contribution in [-0.2, 0) is 0 Å². The highest BCUT2D eigenvalue weighted by molar-refractivity contribution is 5.94. The molecule has 2 aromatic heterocycles. The van der Waals surface area contributed by atoms with E-state index in [0.29, 0.717) is 5.56 Å². The van der Waals surface area contributed by atoms with Crippen LogP contribution in [-0.4, -0.2) is 38.4 Å². The number of carbonyl (C=O) groups excluding carboxylic acids is 1. The third-order valence-corrected chi connectivity index (χ3v) is 4.71. The van der Waals surface area contributed by atoms with Gasteiger partial charge in [-0.2, -0.15) is 0 Å². The topological polar surface area (TPSA) is 51.0 Å². The van der Waals surface area contributed by atoms with Crippen LogP contribution in [0.25, 0.3) is 5.82 Å². The van der Waals surface area contributed by atoms with Gasteiger partial charge in [0.15, 0.2) is 0 Å². The smallest absolute Gasteiger partial charge is 0.255 e. The molecule has 5 heteroatoms. The fourth-order valence-electron chi connectivity index (χ4n) is 2.52. The third-order valence-electron chi connectivity index (χ3n) is 4.71. The van der Waals surface area contributed by atoms with E-state index in [-0.39, 0.29) is 17.4 Å². The van der Waals surface area contributed by atoms with E-state index in [2.05, 4.69) is 23.8 Å². The lowest BCUT2D eigenvalue weighted by atomic mass is 9.99. The molecule has 0 saturated heterocycles. The fourth-order valence-corrected chi connectivity index (χ4v) is 2.52. The van der Waals surface area contributed by atoms with Crippen molar-refractivity contribution in [2.75, 3.05) is 7.05 Å². The number of imidazole rings is 1. The van der Waals surface area contributed by atoms with Crippen molar-refractivity contribution in [1.29, 1.82) is 0 Å². The van der Waals surface area contributed by atoms with E-state index in [1.807, 2.05) is 34.8 Å². The number of carbonyl (C=O) groups is 1. The quantitative estimate of drug-likeness (QED) is 0.867. The summed E-state index contributed by atoms with van der Waals surface area (Å²) in [5.74, 6) is 0.786. The van der Waals surface area contributed by atoms with Gasteiger partial charge in [0.1, 0.15) is 12.1 Å². The number of aromatic nitrogens is 3. The number of pyridine rings is 1. The molecule has 0 radical (unpaired) electrons. The molecule has 1 amide bonds. The second kappa shape index (κ2) is 4.98. The van der Waals surface area contributed by atoms with Gasteiger partial charge >= 0.3 is 0 Å². The van der Waals surface area contributed by atoms with E-state index in [4.69, 9.17) is 0 Å². The lowest BCUT2D eigenvalue weighted by Gasteiger charge is -2.30. The Labute approximate surface area is 124 Å². The van der Waals surface area contributed by atoms with E-state index >= 15 is 0 Å². The molecule has 110 valence electrons. The van der Waals surface area contributed by atoms with Crippen molar-refractivity contribution < 1.29 is 4.79 Å². The van der Waals surface area contributed by atoms with Crippen molar-refractivity contribution in [2.45, 2.75) is 32.7 Å². The maximum Gasteiger partial charge on any atom is 0.255 e. The van der Waals surface area contributed by atoms with Crippen molar-refractivity contribution in [3.8, 4) is 5.82 Å². The normalized spacial score (nSPS) is 17.3. The minimum atomic E-state index is 0.0281. The summed E-state index contributed by atoms with van der Waals surface area (Å²) in [6.45, 7) is 4.36.